The number of carbonyl (C=O) groups is 2. The summed E-state index contributed by atoms with van der Waals surface area (Å²) < 4.78 is 5.96. The van der Waals surface area contributed by atoms with Crippen LogP contribution in [0.3, 0.4) is 0 Å². The number of hydrogen-bond donors (Lipinski definition) is 3. The summed E-state index contributed by atoms with van der Waals surface area (Å²) in [6, 6.07) is 11.2. The average Bonchev–Trinajstić information content (AvgIpc) is 3.03. The Morgan fingerprint density at radius 1 is 0.871 bits per heavy atom. The van der Waals surface area contributed by atoms with Crippen molar-refractivity contribution in [2.45, 2.75) is 33.3 Å². The second-order valence-corrected chi connectivity index (χ2v) is 7.98. The third kappa shape index (κ3) is 2.86. The quantitative estimate of drug-likeness (QED) is 0.542. The maximum absolute atomic E-state index is 13.0. The predicted molar refractivity (Wildman–Crippen MR) is 114 cm³/mol. The van der Waals surface area contributed by atoms with Gasteiger partial charge in [0.25, 0.3) is 0 Å². The lowest BCUT2D eigenvalue weighted by Crippen LogP contribution is -2.30. The van der Waals surface area contributed by atoms with Crippen LogP contribution < -0.4 is 0 Å². The number of aryl methyl sites for hydroxylation is 2. The Kier molecular flexibility index (Phi) is 4.54. The number of cyclic esters (lactones) is 1. The van der Waals surface area contributed by atoms with Crippen LogP contribution in [0.2, 0.25) is 0 Å². The highest BCUT2D eigenvalue weighted by Crippen LogP contribution is 2.50. The summed E-state index contributed by atoms with van der Waals surface area (Å²) >= 11 is 0. The molecule has 3 aromatic rings. The third-order valence-corrected chi connectivity index (χ3v) is 6.22. The van der Waals surface area contributed by atoms with Gasteiger partial charge in [-0.05, 0) is 68.1 Å². The van der Waals surface area contributed by atoms with Crippen LogP contribution >= 0.6 is 0 Å². The average molecular weight is 418 g/mol. The smallest absolute Gasteiger partial charge is 0.341 e. The van der Waals surface area contributed by atoms with E-state index in [9.17, 15) is 24.9 Å². The van der Waals surface area contributed by atoms with Crippen molar-refractivity contribution >= 4 is 11.9 Å². The molecular weight excluding hydrogens is 396 g/mol. The van der Waals surface area contributed by atoms with Crippen LogP contribution in [0.15, 0.2) is 42.5 Å². The van der Waals surface area contributed by atoms with E-state index in [4.69, 9.17) is 4.74 Å². The van der Waals surface area contributed by atoms with Crippen molar-refractivity contribution in [1.82, 2.24) is 0 Å². The molecule has 3 aromatic carbocycles. The number of ether oxygens (including phenoxy) is 1. The number of carboxylic acid groups (broad SMARTS) is 1. The molecule has 31 heavy (non-hydrogen) atoms. The van der Waals surface area contributed by atoms with Crippen molar-refractivity contribution in [2.75, 3.05) is 0 Å². The van der Waals surface area contributed by atoms with Crippen molar-refractivity contribution in [2.24, 2.45) is 0 Å². The van der Waals surface area contributed by atoms with Gasteiger partial charge in [0.15, 0.2) is 5.60 Å². The molecule has 1 aliphatic rings. The summed E-state index contributed by atoms with van der Waals surface area (Å²) in [4.78, 5) is 24.8. The SMILES string of the molecule is Cc1cc(C2(c3cc(C)c(C)c(O)c3)OC(=O)c3c(C(=O)O)cccc32)cc(O)c1C. The largest absolute Gasteiger partial charge is 0.508 e. The maximum atomic E-state index is 13.0. The molecule has 0 fully saturated rings. The molecule has 3 N–H and O–H groups in total. The van der Waals surface area contributed by atoms with Gasteiger partial charge in [-0.3, -0.25) is 0 Å². The van der Waals surface area contributed by atoms with Gasteiger partial charge < -0.3 is 20.1 Å². The molecule has 0 unspecified atom stereocenters. The van der Waals surface area contributed by atoms with Crippen molar-refractivity contribution in [3.63, 3.8) is 0 Å². The van der Waals surface area contributed by atoms with Gasteiger partial charge in [0.2, 0.25) is 0 Å². The van der Waals surface area contributed by atoms with E-state index < -0.39 is 17.5 Å². The predicted octanol–water partition coefficient (Wildman–Crippen LogP) is 4.49. The Morgan fingerprint density at radius 2 is 1.39 bits per heavy atom. The number of aromatic carboxylic acids is 1. The summed E-state index contributed by atoms with van der Waals surface area (Å²) in [6.45, 7) is 7.21. The van der Waals surface area contributed by atoms with Gasteiger partial charge in [-0.2, -0.15) is 0 Å². The number of fused-ring (bicyclic) bond motifs is 1. The Balaban J connectivity index is 2.16. The lowest BCUT2D eigenvalue weighted by Gasteiger charge is -2.31. The van der Waals surface area contributed by atoms with E-state index in [0.717, 1.165) is 11.1 Å². The van der Waals surface area contributed by atoms with Crippen molar-refractivity contribution < 1.29 is 29.6 Å². The molecule has 0 saturated carbocycles. The first-order valence-corrected chi connectivity index (χ1v) is 9.79. The highest BCUT2D eigenvalue weighted by atomic mass is 16.6. The van der Waals surface area contributed by atoms with Gasteiger partial charge in [-0.15, -0.1) is 0 Å². The molecule has 0 bridgehead atoms. The van der Waals surface area contributed by atoms with E-state index >= 15 is 0 Å². The van der Waals surface area contributed by atoms with E-state index in [-0.39, 0.29) is 22.6 Å². The molecule has 158 valence electrons. The number of phenols is 2. The number of hydrogen-bond acceptors (Lipinski definition) is 5. The fraction of sp³-hybridized carbons (Fsp3) is 0.200. The van der Waals surface area contributed by atoms with Crippen LogP contribution in [0.5, 0.6) is 11.5 Å². The molecule has 0 amide bonds. The van der Waals surface area contributed by atoms with Gasteiger partial charge in [-0.25, -0.2) is 9.59 Å². The zero-order valence-electron chi connectivity index (χ0n) is 17.6. The fourth-order valence-electron chi connectivity index (χ4n) is 4.17. The maximum Gasteiger partial charge on any atom is 0.341 e. The molecular formula is C25H22O6. The van der Waals surface area contributed by atoms with Crippen LogP contribution in [-0.2, 0) is 10.3 Å². The molecule has 0 aliphatic carbocycles. The number of rotatable bonds is 3. The van der Waals surface area contributed by atoms with Crippen molar-refractivity contribution in [3.05, 3.63) is 92.5 Å². The fourth-order valence-corrected chi connectivity index (χ4v) is 4.17. The van der Waals surface area contributed by atoms with Crippen LogP contribution in [-0.4, -0.2) is 27.3 Å². The van der Waals surface area contributed by atoms with Crippen molar-refractivity contribution in [3.8, 4) is 11.5 Å². The minimum atomic E-state index is -1.52. The van der Waals surface area contributed by atoms with Crippen LogP contribution in [0, 0.1) is 27.7 Å². The number of phenolic OH excluding ortho intramolecular Hbond substituents is 2. The number of carboxylic acids is 1. The van der Waals surface area contributed by atoms with Crippen LogP contribution in [0.1, 0.15) is 59.7 Å². The minimum absolute atomic E-state index is 0.0290. The molecule has 0 spiro atoms. The Bertz CT molecular complexity index is 1170. The monoisotopic (exact) mass is 418 g/mol. The Hall–Kier alpha value is -3.80. The van der Waals surface area contributed by atoms with Gasteiger partial charge >= 0.3 is 11.9 Å². The first-order valence-electron chi connectivity index (χ1n) is 9.79. The number of esters is 1. The molecule has 6 nitrogen and oxygen atoms in total. The van der Waals surface area contributed by atoms with E-state index in [0.29, 0.717) is 27.8 Å². The molecule has 0 radical (unpaired) electrons. The van der Waals surface area contributed by atoms with Gasteiger partial charge in [0.05, 0.1) is 11.1 Å². The first kappa shape index (κ1) is 20.5. The molecule has 0 atom stereocenters. The zero-order valence-corrected chi connectivity index (χ0v) is 17.6. The summed E-state index contributed by atoms with van der Waals surface area (Å²) in [5, 5.41) is 30.7. The summed E-state index contributed by atoms with van der Waals surface area (Å²) in [6.07, 6.45) is 0. The number of aromatic hydroxyl groups is 2. The van der Waals surface area contributed by atoms with Gasteiger partial charge in [0.1, 0.15) is 11.5 Å². The number of carbonyl (C=O) groups excluding carboxylic acids is 1. The Labute approximate surface area is 179 Å². The lowest BCUT2D eigenvalue weighted by molar-refractivity contribution is 0.0247. The minimum Gasteiger partial charge on any atom is -0.508 e. The van der Waals surface area contributed by atoms with Crippen molar-refractivity contribution in [1.29, 1.82) is 0 Å². The molecule has 6 heteroatoms. The second-order valence-electron chi connectivity index (χ2n) is 7.98. The third-order valence-electron chi connectivity index (χ3n) is 6.22. The highest BCUT2D eigenvalue weighted by molar-refractivity contribution is 6.06. The van der Waals surface area contributed by atoms with E-state index in [1.165, 1.54) is 18.2 Å². The summed E-state index contributed by atoms with van der Waals surface area (Å²) in [5.41, 5.74) is 2.48. The van der Waals surface area contributed by atoms with E-state index in [2.05, 4.69) is 0 Å². The van der Waals surface area contributed by atoms with Gasteiger partial charge in [-0.1, -0.05) is 24.3 Å². The van der Waals surface area contributed by atoms with Crippen LogP contribution in [0.4, 0.5) is 0 Å². The first-order chi connectivity index (χ1) is 14.6. The second kappa shape index (κ2) is 6.87. The summed E-state index contributed by atoms with van der Waals surface area (Å²) in [5.74, 6) is -1.96. The highest BCUT2D eigenvalue weighted by Gasteiger charge is 2.50. The molecule has 0 aromatic heterocycles. The molecule has 0 saturated heterocycles. The van der Waals surface area contributed by atoms with Gasteiger partial charge in [0, 0.05) is 16.7 Å². The molecule has 1 aliphatic heterocycles. The zero-order chi connectivity index (χ0) is 22.7. The van der Waals surface area contributed by atoms with E-state index in [1.807, 2.05) is 13.8 Å². The van der Waals surface area contributed by atoms with Crippen LogP contribution in [0.25, 0.3) is 0 Å². The molecule has 1 heterocycles. The molecule has 4 rings (SSSR count). The standard InChI is InChI=1S/C25H22O6/c1-12-8-16(10-20(26)14(12)3)25(17-9-13(2)15(4)21(27)11-17)19-7-5-6-18(23(28)29)22(19)24(30)31-25/h5-11,26-27H,1-4H3,(H,28,29). The number of benzene rings is 3. The lowest BCUT2D eigenvalue weighted by atomic mass is 9.77. The normalized spacial score (nSPS) is 14.3. The summed E-state index contributed by atoms with van der Waals surface area (Å²) in [7, 11) is 0. The topological polar surface area (TPSA) is 104 Å². The van der Waals surface area contributed by atoms with E-state index in [1.54, 1.807) is 38.1 Å². The Morgan fingerprint density at radius 3 is 1.84 bits per heavy atom.